The molecule has 0 atom stereocenters. The molecule has 1 aromatic carbocycles. The summed E-state index contributed by atoms with van der Waals surface area (Å²) in [6.45, 7) is 4.38. The van der Waals surface area contributed by atoms with Crippen LogP contribution in [0.3, 0.4) is 0 Å². The van der Waals surface area contributed by atoms with E-state index in [1.54, 1.807) is 0 Å². The quantitative estimate of drug-likeness (QED) is 0.772. The van der Waals surface area contributed by atoms with Gasteiger partial charge in [0, 0.05) is 5.56 Å². The molecule has 1 aliphatic carbocycles. The number of carbonyl (C=O) groups is 1. The highest BCUT2D eigenvalue weighted by atomic mass is 16.1. The summed E-state index contributed by atoms with van der Waals surface area (Å²) >= 11 is 0. The van der Waals surface area contributed by atoms with Crippen molar-refractivity contribution in [3.63, 3.8) is 0 Å². The zero-order valence-corrected chi connectivity index (χ0v) is 13.2. The Morgan fingerprint density at radius 2 is 1.62 bits per heavy atom. The second kappa shape index (κ2) is 6.31. The fourth-order valence-corrected chi connectivity index (χ4v) is 4.13. The van der Waals surface area contributed by atoms with E-state index in [2.05, 4.69) is 24.0 Å². The van der Waals surface area contributed by atoms with Gasteiger partial charge >= 0.3 is 0 Å². The Labute approximate surface area is 128 Å². The highest BCUT2D eigenvalue weighted by molar-refractivity contribution is 6.03. The van der Waals surface area contributed by atoms with Crippen LogP contribution in [0.4, 0.5) is 0 Å². The standard InChI is InChI=1S/C19H27NO/c1-2-16-8-10-17(11-9-16)18(21)19(12-4-5-13-19)20-14-6-3-7-15-20/h8-11H,2-7,12-15H2,1H3. The predicted octanol–water partition coefficient (Wildman–Crippen LogP) is 4.23. The van der Waals surface area contributed by atoms with Crippen LogP contribution < -0.4 is 0 Å². The largest absolute Gasteiger partial charge is 0.292 e. The summed E-state index contributed by atoms with van der Waals surface area (Å²) in [7, 11) is 0. The molecular formula is C19H27NO. The molecule has 2 fully saturated rings. The molecule has 114 valence electrons. The van der Waals surface area contributed by atoms with Crippen molar-refractivity contribution in [2.45, 2.75) is 63.8 Å². The fourth-order valence-electron chi connectivity index (χ4n) is 4.13. The minimum absolute atomic E-state index is 0.186. The van der Waals surface area contributed by atoms with E-state index >= 15 is 0 Å². The zero-order valence-electron chi connectivity index (χ0n) is 13.2. The number of rotatable bonds is 4. The molecular weight excluding hydrogens is 258 g/mol. The van der Waals surface area contributed by atoms with Crippen molar-refractivity contribution >= 4 is 5.78 Å². The van der Waals surface area contributed by atoms with Gasteiger partial charge in [0.15, 0.2) is 5.78 Å². The summed E-state index contributed by atoms with van der Waals surface area (Å²) in [6.07, 6.45) is 9.39. The number of ketones is 1. The van der Waals surface area contributed by atoms with Crippen molar-refractivity contribution in [1.29, 1.82) is 0 Å². The zero-order chi connectivity index (χ0) is 14.7. The maximum atomic E-state index is 13.2. The first-order chi connectivity index (χ1) is 10.3. The molecule has 2 heteroatoms. The lowest BCUT2D eigenvalue weighted by Gasteiger charge is -2.42. The molecule has 1 aromatic rings. The SMILES string of the molecule is CCc1ccc(C(=O)C2(N3CCCCC3)CCCC2)cc1. The number of Topliss-reactive ketones (excluding diaryl/α,β-unsaturated/α-hetero) is 1. The number of hydrogen-bond acceptors (Lipinski definition) is 2. The number of hydrogen-bond donors (Lipinski definition) is 0. The van der Waals surface area contributed by atoms with E-state index in [0.717, 1.165) is 37.9 Å². The molecule has 21 heavy (non-hydrogen) atoms. The molecule has 2 nitrogen and oxygen atoms in total. The fraction of sp³-hybridized carbons (Fsp3) is 0.632. The summed E-state index contributed by atoms with van der Waals surface area (Å²) in [4.78, 5) is 15.7. The van der Waals surface area contributed by atoms with Crippen LogP contribution in [0.15, 0.2) is 24.3 Å². The second-order valence-electron chi connectivity index (χ2n) is 6.67. The Morgan fingerprint density at radius 1 is 1.00 bits per heavy atom. The third kappa shape index (κ3) is 2.78. The van der Waals surface area contributed by atoms with Gasteiger partial charge in [0.1, 0.15) is 0 Å². The van der Waals surface area contributed by atoms with Crippen LogP contribution in [0.25, 0.3) is 0 Å². The predicted molar refractivity (Wildman–Crippen MR) is 86.8 cm³/mol. The molecule has 0 aromatic heterocycles. The van der Waals surface area contributed by atoms with Gasteiger partial charge in [0.05, 0.1) is 5.54 Å². The number of piperidine rings is 1. The van der Waals surface area contributed by atoms with Gasteiger partial charge in [0.2, 0.25) is 0 Å². The molecule has 1 aliphatic heterocycles. The lowest BCUT2D eigenvalue weighted by Crippen LogP contribution is -2.54. The first kappa shape index (κ1) is 14.8. The number of carbonyl (C=O) groups excluding carboxylic acids is 1. The van der Waals surface area contributed by atoms with Crippen LogP contribution in [-0.4, -0.2) is 29.3 Å². The van der Waals surface area contributed by atoms with Gasteiger partial charge in [-0.1, -0.05) is 50.5 Å². The van der Waals surface area contributed by atoms with Crippen LogP contribution in [-0.2, 0) is 6.42 Å². The summed E-state index contributed by atoms with van der Waals surface area (Å²) in [5.74, 6) is 0.379. The first-order valence-electron chi connectivity index (χ1n) is 8.65. The Hall–Kier alpha value is -1.15. The summed E-state index contributed by atoms with van der Waals surface area (Å²) < 4.78 is 0. The van der Waals surface area contributed by atoms with E-state index in [0.29, 0.717) is 5.78 Å². The second-order valence-corrected chi connectivity index (χ2v) is 6.67. The lowest BCUT2D eigenvalue weighted by atomic mass is 9.84. The minimum Gasteiger partial charge on any atom is -0.292 e. The van der Waals surface area contributed by atoms with Crippen LogP contribution in [0.5, 0.6) is 0 Å². The van der Waals surface area contributed by atoms with Crippen LogP contribution in [0.2, 0.25) is 0 Å². The molecule has 0 spiro atoms. The van der Waals surface area contributed by atoms with E-state index in [1.807, 2.05) is 12.1 Å². The number of benzene rings is 1. The normalized spacial score (nSPS) is 22.3. The summed E-state index contributed by atoms with van der Waals surface area (Å²) in [5, 5.41) is 0. The van der Waals surface area contributed by atoms with Gasteiger partial charge in [-0.05, 0) is 50.8 Å². The number of nitrogens with zero attached hydrogens (tertiary/aromatic N) is 1. The number of likely N-dealkylation sites (tertiary alicyclic amines) is 1. The van der Waals surface area contributed by atoms with Crippen LogP contribution in [0, 0.1) is 0 Å². The molecule has 1 heterocycles. The monoisotopic (exact) mass is 285 g/mol. The smallest absolute Gasteiger partial charge is 0.183 e. The maximum Gasteiger partial charge on any atom is 0.183 e. The third-order valence-corrected chi connectivity index (χ3v) is 5.44. The van der Waals surface area contributed by atoms with Crippen molar-refractivity contribution in [3.05, 3.63) is 35.4 Å². The summed E-state index contributed by atoms with van der Waals surface area (Å²) in [5.41, 5.74) is 2.04. The van der Waals surface area contributed by atoms with Gasteiger partial charge < -0.3 is 0 Å². The van der Waals surface area contributed by atoms with E-state index in [9.17, 15) is 4.79 Å². The Kier molecular flexibility index (Phi) is 4.44. The van der Waals surface area contributed by atoms with E-state index in [1.165, 1.54) is 37.7 Å². The van der Waals surface area contributed by atoms with Gasteiger partial charge in [0.25, 0.3) is 0 Å². The van der Waals surface area contributed by atoms with Crippen molar-refractivity contribution in [2.75, 3.05) is 13.1 Å². The maximum absolute atomic E-state index is 13.2. The van der Waals surface area contributed by atoms with Crippen molar-refractivity contribution < 1.29 is 4.79 Å². The Balaban J connectivity index is 1.86. The first-order valence-corrected chi connectivity index (χ1v) is 8.65. The minimum atomic E-state index is -0.186. The van der Waals surface area contributed by atoms with Crippen molar-refractivity contribution in [1.82, 2.24) is 4.90 Å². The molecule has 3 rings (SSSR count). The van der Waals surface area contributed by atoms with Crippen LogP contribution >= 0.6 is 0 Å². The highest BCUT2D eigenvalue weighted by Gasteiger charge is 2.46. The average Bonchev–Trinajstić information content (AvgIpc) is 3.06. The van der Waals surface area contributed by atoms with E-state index < -0.39 is 0 Å². The molecule has 2 aliphatic rings. The topological polar surface area (TPSA) is 20.3 Å². The Morgan fingerprint density at radius 3 is 2.19 bits per heavy atom. The van der Waals surface area contributed by atoms with Crippen molar-refractivity contribution in [3.8, 4) is 0 Å². The van der Waals surface area contributed by atoms with Crippen molar-refractivity contribution in [2.24, 2.45) is 0 Å². The highest BCUT2D eigenvalue weighted by Crippen LogP contribution is 2.39. The molecule has 0 radical (unpaired) electrons. The van der Waals surface area contributed by atoms with Gasteiger partial charge in [-0.25, -0.2) is 0 Å². The summed E-state index contributed by atoms with van der Waals surface area (Å²) in [6, 6.07) is 8.33. The van der Waals surface area contributed by atoms with Gasteiger partial charge in [-0.2, -0.15) is 0 Å². The molecule has 0 bridgehead atoms. The van der Waals surface area contributed by atoms with Gasteiger partial charge in [-0.15, -0.1) is 0 Å². The molecule has 1 saturated carbocycles. The number of aryl methyl sites for hydroxylation is 1. The third-order valence-electron chi connectivity index (χ3n) is 5.44. The van der Waals surface area contributed by atoms with E-state index in [4.69, 9.17) is 0 Å². The van der Waals surface area contributed by atoms with Gasteiger partial charge in [-0.3, -0.25) is 9.69 Å². The molecule has 0 unspecified atom stereocenters. The Bertz CT molecular complexity index is 479. The lowest BCUT2D eigenvalue weighted by molar-refractivity contribution is 0.0477. The molecule has 1 saturated heterocycles. The van der Waals surface area contributed by atoms with Crippen LogP contribution in [0.1, 0.15) is 67.8 Å². The average molecular weight is 285 g/mol. The molecule has 0 N–H and O–H groups in total. The molecule has 0 amide bonds. The van der Waals surface area contributed by atoms with E-state index in [-0.39, 0.29) is 5.54 Å².